The van der Waals surface area contributed by atoms with Gasteiger partial charge in [0, 0.05) is 24.0 Å². The molecule has 0 bridgehead atoms. The molecule has 1 heterocycles. The van der Waals surface area contributed by atoms with Gasteiger partial charge < -0.3 is 20.0 Å². The van der Waals surface area contributed by atoms with Crippen LogP contribution in [0.4, 0.5) is 0 Å². The quantitative estimate of drug-likeness (QED) is 0.527. The Hall–Kier alpha value is -2.01. The standard InChI is InChI=1S/C21H34N4O/c1-6-25(7-2)14-10-11-16(3)24-21(22-5)23-15-20-17(4)18-12-8-9-13-19(18)26-20/h8-9,12-13,16H,6-7,10-11,14-15H2,1-5H3,(H2,22,23,24). The Morgan fingerprint density at radius 2 is 1.96 bits per heavy atom. The maximum atomic E-state index is 5.96. The molecule has 1 aromatic carbocycles. The molecule has 0 spiro atoms. The highest BCUT2D eigenvalue weighted by atomic mass is 16.3. The summed E-state index contributed by atoms with van der Waals surface area (Å²) in [4.78, 5) is 6.81. The monoisotopic (exact) mass is 358 g/mol. The van der Waals surface area contributed by atoms with E-state index in [2.05, 4.69) is 54.3 Å². The van der Waals surface area contributed by atoms with Crippen LogP contribution in [0.1, 0.15) is 44.9 Å². The van der Waals surface area contributed by atoms with E-state index in [4.69, 9.17) is 4.42 Å². The van der Waals surface area contributed by atoms with Crippen molar-refractivity contribution in [3.05, 3.63) is 35.6 Å². The van der Waals surface area contributed by atoms with Crippen molar-refractivity contribution in [2.24, 2.45) is 4.99 Å². The van der Waals surface area contributed by atoms with Crippen LogP contribution in [-0.4, -0.2) is 43.6 Å². The van der Waals surface area contributed by atoms with E-state index in [0.717, 1.165) is 43.4 Å². The number of hydrogen-bond acceptors (Lipinski definition) is 3. The van der Waals surface area contributed by atoms with Crippen molar-refractivity contribution in [3.8, 4) is 0 Å². The van der Waals surface area contributed by atoms with Gasteiger partial charge in [-0.1, -0.05) is 32.0 Å². The number of aliphatic imine (C=N–C) groups is 1. The lowest BCUT2D eigenvalue weighted by Crippen LogP contribution is -2.42. The van der Waals surface area contributed by atoms with Crippen molar-refractivity contribution < 1.29 is 4.42 Å². The average molecular weight is 359 g/mol. The van der Waals surface area contributed by atoms with Gasteiger partial charge in [0.05, 0.1) is 6.54 Å². The van der Waals surface area contributed by atoms with E-state index in [0.29, 0.717) is 12.6 Å². The summed E-state index contributed by atoms with van der Waals surface area (Å²) in [6.07, 6.45) is 2.32. The number of furan rings is 1. The van der Waals surface area contributed by atoms with E-state index >= 15 is 0 Å². The number of fused-ring (bicyclic) bond motifs is 1. The fourth-order valence-corrected chi connectivity index (χ4v) is 3.22. The predicted octanol–water partition coefficient (Wildman–Crippen LogP) is 3.92. The molecule has 0 aliphatic carbocycles. The minimum Gasteiger partial charge on any atom is -0.459 e. The molecule has 2 aromatic rings. The summed E-state index contributed by atoms with van der Waals surface area (Å²) < 4.78 is 5.96. The number of para-hydroxylation sites is 1. The van der Waals surface area contributed by atoms with E-state index in [1.165, 1.54) is 17.4 Å². The lowest BCUT2D eigenvalue weighted by atomic mass is 10.1. The number of nitrogens with one attached hydrogen (secondary N) is 2. The second-order valence-electron chi connectivity index (χ2n) is 6.79. The molecule has 2 N–H and O–H groups in total. The highest BCUT2D eigenvalue weighted by molar-refractivity contribution is 5.83. The Morgan fingerprint density at radius 3 is 2.62 bits per heavy atom. The van der Waals surface area contributed by atoms with E-state index in [9.17, 15) is 0 Å². The van der Waals surface area contributed by atoms with E-state index in [1.807, 2.05) is 25.2 Å². The van der Waals surface area contributed by atoms with Crippen molar-refractivity contribution in [2.45, 2.75) is 53.1 Å². The maximum absolute atomic E-state index is 5.96. The van der Waals surface area contributed by atoms with Gasteiger partial charge in [0.1, 0.15) is 11.3 Å². The van der Waals surface area contributed by atoms with Crippen molar-refractivity contribution in [3.63, 3.8) is 0 Å². The largest absolute Gasteiger partial charge is 0.459 e. The summed E-state index contributed by atoms with van der Waals surface area (Å²) in [7, 11) is 1.81. The van der Waals surface area contributed by atoms with Crippen molar-refractivity contribution in [1.29, 1.82) is 0 Å². The summed E-state index contributed by atoms with van der Waals surface area (Å²) in [6, 6.07) is 8.54. The summed E-state index contributed by atoms with van der Waals surface area (Å²) in [6.45, 7) is 12.8. The van der Waals surface area contributed by atoms with Gasteiger partial charge in [-0.05, 0) is 52.4 Å². The molecular weight excluding hydrogens is 324 g/mol. The summed E-state index contributed by atoms with van der Waals surface area (Å²) >= 11 is 0. The van der Waals surface area contributed by atoms with Gasteiger partial charge in [0.15, 0.2) is 5.96 Å². The predicted molar refractivity (Wildman–Crippen MR) is 111 cm³/mol. The van der Waals surface area contributed by atoms with Gasteiger partial charge in [0.25, 0.3) is 0 Å². The second-order valence-corrected chi connectivity index (χ2v) is 6.79. The average Bonchev–Trinajstić information content (AvgIpc) is 2.98. The summed E-state index contributed by atoms with van der Waals surface area (Å²) in [5.41, 5.74) is 2.13. The Morgan fingerprint density at radius 1 is 1.23 bits per heavy atom. The fourth-order valence-electron chi connectivity index (χ4n) is 3.22. The molecule has 1 unspecified atom stereocenters. The zero-order valence-electron chi connectivity index (χ0n) is 16.9. The Kier molecular flexibility index (Phi) is 7.98. The highest BCUT2D eigenvalue weighted by Gasteiger charge is 2.11. The third kappa shape index (κ3) is 5.49. The second kappa shape index (κ2) is 10.2. The molecule has 5 heteroatoms. The Balaban J connectivity index is 1.82. The molecule has 2 rings (SSSR count). The Bertz CT molecular complexity index is 703. The van der Waals surface area contributed by atoms with Gasteiger partial charge in [-0.2, -0.15) is 0 Å². The first-order valence-corrected chi connectivity index (χ1v) is 9.75. The van der Waals surface area contributed by atoms with Crippen LogP contribution in [-0.2, 0) is 6.54 Å². The molecule has 26 heavy (non-hydrogen) atoms. The first-order valence-electron chi connectivity index (χ1n) is 9.75. The van der Waals surface area contributed by atoms with Gasteiger partial charge in [-0.3, -0.25) is 4.99 Å². The number of benzene rings is 1. The van der Waals surface area contributed by atoms with Gasteiger partial charge in [0.2, 0.25) is 0 Å². The third-order valence-corrected chi connectivity index (χ3v) is 4.97. The van der Waals surface area contributed by atoms with Crippen LogP contribution in [0.5, 0.6) is 0 Å². The van der Waals surface area contributed by atoms with Crippen LogP contribution in [0.3, 0.4) is 0 Å². The summed E-state index contributed by atoms with van der Waals surface area (Å²) in [5.74, 6) is 1.78. The molecule has 5 nitrogen and oxygen atoms in total. The minimum absolute atomic E-state index is 0.383. The molecule has 0 radical (unpaired) electrons. The van der Waals surface area contributed by atoms with Crippen molar-refractivity contribution in [2.75, 3.05) is 26.7 Å². The first-order chi connectivity index (χ1) is 12.6. The SMILES string of the molecule is CCN(CC)CCCC(C)NC(=NC)NCc1oc2ccccc2c1C. The van der Waals surface area contributed by atoms with Crippen LogP contribution >= 0.6 is 0 Å². The zero-order chi connectivity index (χ0) is 18.9. The number of nitrogens with zero attached hydrogens (tertiary/aromatic N) is 2. The van der Waals surface area contributed by atoms with Crippen molar-refractivity contribution in [1.82, 2.24) is 15.5 Å². The molecule has 0 fully saturated rings. The van der Waals surface area contributed by atoms with Crippen LogP contribution in [0, 0.1) is 6.92 Å². The number of aryl methyl sites for hydroxylation is 1. The molecule has 144 valence electrons. The maximum Gasteiger partial charge on any atom is 0.191 e. The zero-order valence-corrected chi connectivity index (χ0v) is 16.9. The molecule has 0 amide bonds. The number of hydrogen-bond donors (Lipinski definition) is 2. The Labute approximate surface area is 157 Å². The first kappa shape index (κ1) is 20.3. The molecular formula is C21H34N4O. The molecule has 0 saturated carbocycles. The number of guanidine groups is 1. The van der Waals surface area contributed by atoms with Gasteiger partial charge in [-0.25, -0.2) is 0 Å². The van der Waals surface area contributed by atoms with Gasteiger partial charge >= 0.3 is 0 Å². The highest BCUT2D eigenvalue weighted by Crippen LogP contribution is 2.24. The molecule has 0 saturated heterocycles. The van der Waals surface area contributed by atoms with Crippen LogP contribution in [0.25, 0.3) is 11.0 Å². The van der Waals surface area contributed by atoms with Gasteiger partial charge in [-0.15, -0.1) is 0 Å². The summed E-state index contributed by atoms with van der Waals surface area (Å²) in [5, 5.41) is 8.03. The van der Waals surface area contributed by atoms with Crippen LogP contribution in [0.15, 0.2) is 33.7 Å². The molecule has 1 aromatic heterocycles. The van der Waals surface area contributed by atoms with E-state index in [1.54, 1.807) is 0 Å². The minimum atomic E-state index is 0.383. The van der Waals surface area contributed by atoms with Crippen LogP contribution < -0.4 is 10.6 Å². The normalized spacial score (nSPS) is 13.4. The molecule has 0 aliphatic rings. The lowest BCUT2D eigenvalue weighted by molar-refractivity contribution is 0.292. The lowest BCUT2D eigenvalue weighted by Gasteiger charge is -2.21. The van der Waals surface area contributed by atoms with E-state index < -0.39 is 0 Å². The third-order valence-electron chi connectivity index (χ3n) is 4.97. The van der Waals surface area contributed by atoms with E-state index in [-0.39, 0.29) is 0 Å². The topological polar surface area (TPSA) is 52.8 Å². The molecule has 0 aliphatic heterocycles. The smallest absolute Gasteiger partial charge is 0.191 e. The fraction of sp³-hybridized carbons (Fsp3) is 0.571. The number of rotatable bonds is 9. The van der Waals surface area contributed by atoms with Crippen LogP contribution in [0.2, 0.25) is 0 Å². The van der Waals surface area contributed by atoms with Crippen molar-refractivity contribution >= 4 is 16.9 Å². The molecule has 1 atom stereocenters.